The van der Waals surface area contributed by atoms with Gasteiger partial charge in [-0.3, -0.25) is 0 Å². The minimum atomic E-state index is -0.847. The van der Waals surface area contributed by atoms with Crippen molar-refractivity contribution in [2.24, 2.45) is 0 Å². The molecule has 3 heteroatoms. The second kappa shape index (κ2) is 10.8. The molecule has 1 aromatic heterocycles. The van der Waals surface area contributed by atoms with E-state index in [1.54, 1.807) is 0 Å². The molecule has 0 saturated carbocycles. The van der Waals surface area contributed by atoms with Gasteiger partial charge in [-0.1, -0.05) is 170 Å². The number of hydrogen-bond acceptors (Lipinski definition) is 3. The molecule has 0 amide bonds. The molecule has 2 aliphatic carbocycles. The highest BCUT2D eigenvalue weighted by Crippen LogP contribution is 2.60. The first-order chi connectivity index (χ1) is 28.4. The Labute approximate surface area is 299 Å². The van der Waals surface area contributed by atoms with E-state index in [9.17, 15) is 0 Å². The lowest BCUT2D eigenvalue weighted by Gasteiger charge is -2.35. The van der Waals surface area contributed by atoms with Gasteiger partial charge in [-0.25, -0.2) is 15.0 Å². The largest absolute Gasteiger partial charge is 0.208 e. The lowest BCUT2D eigenvalue weighted by atomic mass is 9.65. The summed E-state index contributed by atoms with van der Waals surface area (Å²) in [7, 11) is 0. The predicted octanol–water partition coefficient (Wildman–Crippen LogP) is 10.9. The third-order valence-corrected chi connectivity index (χ3v) is 9.54. The lowest BCUT2D eigenvalue weighted by molar-refractivity contribution is 0.767. The second-order valence-corrected chi connectivity index (χ2v) is 12.0. The lowest BCUT2D eigenvalue weighted by Crippen LogP contribution is -2.30. The first kappa shape index (κ1) is 19.4. The van der Waals surface area contributed by atoms with Crippen LogP contribution in [0.1, 0.15) is 47.1 Å². The van der Waals surface area contributed by atoms with E-state index in [0.29, 0.717) is 5.56 Å². The van der Waals surface area contributed by atoms with Gasteiger partial charge >= 0.3 is 0 Å². The van der Waals surface area contributed by atoms with Gasteiger partial charge in [-0.15, -0.1) is 0 Å². The average molecular weight is 634 g/mol. The maximum atomic E-state index is 8.79. The number of rotatable bonds is 3. The Morgan fingerprint density at radius 3 is 1.78 bits per heavy atom. The SMILES string of the molecule is [2H]c1c([2H])c([2H])c(-c2nc(-c3ccc4c(c3)C3(c5ccccc5C=C4)c4ccccc4-c4c3ccc3ccccc43)nc(-c3c([2H])c([2H])c([2H])c([2H])c3[2H])n2)c([2H])c1[2H]. The third-order valence-electron chi connectivity index (χ3n) is 9.54. The summed E-state index contributed by atoms with van der Waals surface area (Å²) in [5, 5.41) is 2.23. The Morgan fingerprint density at radius 1 is 0.449 bits per heavy atom. The quantitative estimate of drug-likeness (QED) is 0.194. The molecule has 0 radical (unpaired) electrons. The van der Waals surface area contributed by atoms with E-state index in [1.165, 1.54) is 0 Å². The van der Waals surface area contributed by atoms with E-state index >= 15 is 0 Å². The number of benzene rings is 7. The molecule has 0 saturated heterocycles. The number of nitrogens with zero attached hydrogens (tertiary/aromatic N) is 3. The zero-order valence-corrected chi connectivity index (χ0v) is 25.8. The van der Waals surface area contributed by atoms with Gasteiger partial charge in [0.15, 0.2) is 17.5 Å². The van der Waals surface area contributed by atoms with Crippen LogP contribution in [-0.4, -0.2) is 15.0 Å². The molecule has 3 nitrogen and oxygen atoms in total. The number of hydrogen-bond donors (Lipinski definition) is 0. The molecule has 8 aromatic rings. The van der Waals surface area contributed by atoms with Gasteiger partial charge < -0.3 is 0 Å². The minimum absolute atomic E-state index is 0.00750. The van der Waals surface area contributed by atoms with E-state index < -0.39 is 65.8 Å². The molecule has 49 heavy (non-hydrogen) atoms. The summed E-state index contributed by atoms with van der Waals surface area (Å²) in [6.45, 7) is 0. The molecule has 1 spiro atoms. The van der Waals surface area contributed by atoms with Crippen molar-refractivity contribution in [1.82, 2.24) is 15.0 Å². The topological polar surface area (TPSA) is 38.7 Å². The van der Waals surface area contributed by atoms with Gasteiger partial charge in [0.25, 0.3) is 0 Å². The first-order valence-electron chi connectivity index (χ1n) is 20.9. The third kappa shape index (κ3) is 4.12. The van der Waals surface area contributed by atoms with Crippen molar-refractivity contribution < 1.29 is 13.7 Å². The van der Waals surface area contributed by atoms with Crippen LogP contribution >= 0.6 is 0 Å². The van der Waals surface area contributed by atoms with E-state index in [2.05, 4.69) is 65.7 Å². The van der Waals surface area contributed by atoms with Gasteiger partial charge in [0.1, 0.15) is 0 Å². The number of aromatic nitrogens is 3. The Hall–Kier alpha value is -6.45. The van der Waals surface area contributed by atoms with Crippen molar-refractivity contribution in [1.29, 1.82) is 0 Å². The van der Waals surface area contributed by atoms with Crippen LogP contribution < -0.4 is 0 Å². The van der Waals surface area contributed by atoms with Crippen LogP contribution in [0.4, 0.5) is 0 Å². The molecular formula is C46H29N3. The summed E-state index contributed by atoms with van der Waals surface area (Å²) >= 11 is 0. The molecule has 0 fully saturated rings. The van der Waals surface area contributed by atoms with Crippen molar-refractivity contribution in [3.05, 3.63) is 197 Å². The Morgan fingerprint density at radius 2 is 1.04 bits per heavy atom. The van der Waals surface area contributed by atoms with Crippen LogP contribution in [0.25, 0.3) is 68.2 Å². The van der Waals surface area contributed by atoms with Gasteiger partial charge in [0, 0.05) is 16.7 Å². The normalized spacial score (nSPS) is 18.2. The highest BCUT2D eigenvalue weighted by atomic mass is 15.0. The molecule has 0 aliphatic heterocycles. The fourth-order valence-electron chi connectivity index (χ4n) is 7.55. The zero-order chi connectivity index (χ0) is 41.1. The number of fused-ring (bicyclic) bond motifs is 11. The van der Waals surface area contributed by atoms with E-state index in [1.807, 2.05) is 54.6 Å². The Balaban J connectivity index is 1.31. The van der Waals surface area contributed by atoms with E-state index in [0.717, 1.165) is 55.3 Å². The standard InChI is InChI=1S/C46H29N3/c1-3-15-33(16-4-1)43-47-44(34-17-5-2-6-18-34)49-45(48-43)35-26-25-32-24-23-31-14-8-11-21-38(31)46(41(32)29-35)39-22-12-10-20-37(39)42-36-19-9-7-13-30(36)27-28-40(42)46/h1-29H/i1D,2D,3D,4D,5D,6D,15D,16D,17D,18D. The Bertz CT molecular complexity index is 3050. The summed E-state index contributed by atoms with van der Waals surface area (Å²) in [5.41, 5.74) is 7.29. The molecule has 7 aromatic carbocycles. The van der Waals surface area contributed by atoms with Gasteiger partial charge in [0.2, 0.25) is 0 Å². The van der Waals surface area contributed by atoms with Crippen LogP contribution in [-0.2, 0) is 5.41 Å². The smallest absolute Gasteiger partial charge is 0.164 e. The highest BCUT2D eigenvalue weighted by molar-refractivity contribution is 6.05. The van der Waals surface area contributed by atoms with Crippen molar-refractivity contribution in [2.45, 2.75) is 5.41 Å². The molecule has 1 heterocycles. The summed E-state index contributed by atoms with van der Waals surface area (Å²) < 4.78 is 85.1. The maximum absolute atomic E-state index is 8.79. The van der Waals surface area contributed by atoms with Crippen LogP contribution in [0.3, 0.4) is 0 Å². The molecule has 0 N–H and O–H groups in total. The van der Waals surface area contributed by atoms with E-state index in [4.69, 9.17) is 23.7 Å². The second-order valence-electron chi connectivity index (χ2n) is 12.0. The summed E-state index contributed by atoms with van der Waals surface area (Å²) in [6, 6.07) is 29.4. The molecule has 0 bridgehead atoms. The summed E-state index contributed by atoms with van der Waals surface area (Å²) in [4.78, 5) is 14.0. The van der Waals surface area contributed by atoms with Crippen molar-refractivity contribution >= 4 is 22.9 Å². The van der Waals surface area contributed by atoms with Crippen molar-refractivity contribution in [2.75, 3.05) is 0 Å². The predicted molar refractivity (Wildman–Crippen MR) is 200 cm³/mol. The van der Waals surface area contributed by atoms with Crippen LogP contribution in [0, 0.1) is 0 Å². The monoisotopic (exact) mass is 633 g/mol. The Kier molecular flexibility index (Phi) is 4.27. The molecule has 10 rings (SSSR count). The summed E-state index contributed by atoms with van der Waals surface area (Å²) in [5.74, 6) is -0.619. The van der Waals surface area contributed by atoms with Gasteiger partial charge in [0.05, 0.1) is 19.1 Å². The molecule has 228 valence electrons. The fourth-order valence-corrected chi connectivity index (χ4v) is 7.55. The van der Waals surface area contributed by atoms with Gasteiger partial charge in [-0.05, 0) is 61.3 Å². The molecule has 2 aliphatic rings. The first-order valence-corrected chi connectivity index (χ1v) is 15.9. The van der Waals surface area contributed by atoms with Crippen LogP contribution in [0.15, 0.2) is 164 Å². The molecule has 1 atom stereocenters. The fraction of sp³-hybridized carbons (Fsp3) is 0.0217. The maximum Gasteiger partial charge on any atom is 0.164 e. The average Bonchev–Trinajstić information content (AvgIpc) is 3.48. The zero-order valence-electron chi connectivity index (χ0n) is 35.8. The highest BCUT2D eigenvalue weighted by Gasteiger charge is 2.49. The van der Waals surface area contributed by atoms with Gasteiger partial charge in [-0.2, -0.15) is 0 Å². The van der Waals surface area contributed by atoms with E-state index in [-0.39, 0.29) is 28.6 Å². The minimum Gasteiger partial charge on any atom is -0.208 e. The molecule has 1 unspecified atom stereocenters. The molecular weight excluding hydrogens is 595 g/mol. The summed E-state index contributed by atoms with van der Waals surface area (Å²) in [6.07, 6.45) is 4.19. The van der Waals surface area contributed by atoms with Crippen LogP contribution in [0.2, 0.25) is 0 Å². The van der Waals surface area contributed by atoms with Crippen LogP contribution in [0.5, 0.6) is 0 Å². The van der Waals surface area contributed by atoms with Crippen molar-refractivity contribution in [3.8, 4) is 45.3 Å². The van der Waals surface area contributed by atoms with Crippen molar-refractivity contribution in [3.63, 3.8) is 0 Å².